The maximum absolute atomic E-state index is 13.2. The molecule has 140 valence electrons. The highest BCUT2D eigenvalue weighted by Crippen LogP contribution is 2.30. The first-order valence-corrected chi connectivity index (χ1v) is 9.65. The molecule has 0 saturated carbocycles. The number of nitrogens with zero attached hydrogens (tertiary/aromatic N) is 2. The highest BCUT2D eigenvalue weighted by Gasteiger charge is 2.16. The zero-order chi connectivity index (χ0) is 19.8. The van der Waals surface area contributed by atoms with Gasteiger partial charge in [-0.2, -0.15) is 0 Å². The Morgan fingerprint density at radius 3 is 2.64 bits per heavy atom. The standard InChI is InChI=1S/C22H17FN2O2S/c1-13-3-4-14(2)17(9-13)19(26)10-25-12-24-21-20(22(25)27)18(11-28-21)15-5-7-16(23)8-6-15/h3-9,11-12H,10H2,1-2H3. The number of fused-ring (bicyclic) bond motifs is 1. The summed E-state index contributed by atoms with van der Waals surface area (Å²) in [6, 6.07) is 11.7. The number of hydrogen-bond acceptors (Lipinski definition) is 4. The van der Waals surface area contributed by atoms with E-state index < -0.39 is 0 Å². The smallest absolute Gasteiger partial charge is 0.263 e. The molecule has 0 aliphatic carbocycles. The Hall–Kier alpha value is -3.12. The van der Waals surface area contributed by atoms with Crippen LogP contribution in [0, 0.1) is 19.7 Å². The first kappa shape index (κ1) is 18.3. The molecule has 0 aliphatic rings. The van der Waals surface area contributed by atoms with Crippen LogP contribution in [0.15, 0.2) is 59.0 Å². The van der Waals surface area contributed by atoms with Gasteiger partial charge in [0.15, 0.2) is 5.78 Å². The lowest BCUT2D eigenvalue weighted by Gasteiger charge is -2.09. The van der Waals surface area contributed by atoms with Gasteiger partial charge in [0.1, 0.15) is 10.6 Å². The molecule has 0 spiro atoms. The van der Waals surface area contributed by atoms with Crippen molar-refractivity contribution < 1.29 is 9.18 Å². The number of hydrogen-bond donors (Lipinski definition) is 0. The van der Waals surface area contributed by atoms with Crippen LogP contribution in [0.1, 0.15) is 21.5 Å². The van der Waals surface area contributed by atoms with Crippen molar-refractivity contribution in [1.82, 2.24) is 9.55 Å². The average Bonchev–Trinajstić information content (AvgIpc) is 3.11. The molecule has 2 aromatic carbocycles. The quantitative estimate of drug-likeness (QED) is 0.470. The SMILES string of the molecule is Cc1ccc(C)c(C(=O)Cn2cnc3scc(-c4ccc(F)cc4)c3c2=O)c1. The van der Waals surface area contributed by atoms with Gasteiger partial charge >= 0.3 is 0 Å². The lowest BCUT2D eigenvalue weighted by molar-refractivity contribution is 0.0970. The minimum Gasteiger partial charge on any atom is -0.292 e. The molecule has 0 saturated heterocycles. The van der Waals surface area contributed by atoms with Crippen molar-refractivity contribution in [3.8, 4) is 11.1 Å². The summed E-state index contributed by atoms with van der Waals surface area (Å²) in [6.07, 6.45) is 1.42. The number of aromatic nitrogens is 2. The number of Topliss-reactive ketones (excluding diaryl/α,β-unsaturated/α-hetero) is 1. The Kier molecular flexibility index (Phi) is 4.65. The molecule has 0 fully saturated rings. The Morgan fingerprint density at radius 1 is 1.14 bits per heavy atom. The van der Waals surface area contributed by atoms with Crippen molar-refractivity contribution in [3.05, 3.63) is 87.0 Å². The van der Waals surface area contributed by atoms with Gasteiger partial charge in [-0.05, 0) is 43.2 Å². The third-order valence-electron chi connectivity index (χ3n) is 4.72. The maximum atomic E-state index is 13.2. The number of halogens is 1. The fourth-order valence-electron chi connectivity index (χ4n) is 3.20. The van der Waals surface area contributed by atoms with Crippen LogP contribution >= 0.6 is 11.3 Å². The molecule has 0 aliphatic heterocycles. The summed E-state index contributed by atoms with van der Waals surface area (Å²) in [5.41, 5.74) is 3.64. The van der Waals surface area contributed by atoms with Gasteiger partial charge in [0.25, 0.3) is 5.56 Å². The van der Waals surface area contributed by atoms with Gasteiger partial charge in [-0.1, -0.05) is 29.8 Å². The second kappa shape index (κ2) is 7.13. The predicted molar refractivity (Wildman–Crippen MR) is 110 cm³/mol. The molecule has 2 heterocycles. The Balaban J connectivity index is 1.77. The van der Waals surface area contributed by atoms with Crippen LogP contribution in [0.2, 0.25) is 0 Å². The van der Waals surface area contributed by atoms with Gasteiger partial charge in [0.05, 0.1) is 18.3 Å². The average molecular weight is 392 g/mol. The number of thiophene rings is 1. The highest BCUT2D eigenvalue weighted by molar-refractivity contribution is 7.17. The summed E-state index contributed by atoms with van der Waals surface area (Å²) >= 11 is 1.35. The monoisotopic (exact) mass is 392 g/mol. The molecular formula is C22H17FN2O2S. The van der Waals surface area contributed by atoms with Crippen LogP contribution in [0.5, 0.6) is 0 Å². The van der Waals surface area contributed by atoms with Crippen molar-refractivity contribution >= 4 is 27.3 Å². The first-order chi connectivity index (χ1) is 13.4. The normalized spacial score (nSPS) is 11.1. The molecule has 0 bridgehead atoms. The fourth-order valence-corrected chi connectivity index (χ4v) is 4.10. The molecule has 0 atom stereocenters. The van der Waals surface area contributed by atoms with Gasteiger partial charge in [-0.3, -0.25) is 14.2 Å². The van der Waals surface area contributed by atoms with Gasteiger partial charge in [0, 0.05) is 16.5 Å². The highest BCUT2D eigenvalue weighted by atomic mass is 32.1. The van der Waals surface area contributed by atoms with Crippen LogP contribution in [-0.2, 0) is 6.54 Å². The topological polar surface area (TPSA) is 52.0 Å². The lowest BCUT2D eigenvalue weighted by atomic mass is 10.0. The maximum Gasteiger partial charge on any atom is 0.263 e. The molecule has 6 heteroatoms. The zero-order valence-electron chi connectivity index (χ0n) is 15.4. The second-order valence-corrected chi connectivity index (χ2v) is 7.61. The molecule has 4 aromatic rings. The third kappa shape index (κ3) is 3.27. The Bertz CT molecular complexity index is 1260. The van der Waals surface area contributed by atoms with Gasteiger partial charge in [-0.25, -0.2) is 9.37 Å². The number of carbonyl (C=O) groups excluding carboxylic acids is 1. The van der Waals surface area contributed by atoms with E-state index in [4.69, 9.17) is 0 Å². The largest absolute Gasteiger partial charge is 0.292 e. The third-order valence-corrected chi connectivity index (χ3v) is 5.61. The first-order valence-electron chi connectivity index (χ1n) is 8.77. The Morgan fingerprint density at radius 2 is 1.89 bits per heavy atom. The van der Waals surface area contributed by atoms with Crippen LogP contribution in [-0.4, -0.2) is 15.3 Å². The van der Waals surface area contributed by atoms with E-state index in [2.05, 4.69) is 4.98 Å². The van der Waals surface area contributed by atoms with Crippen LogP contribution in [0.3, 0.4) is 0 Å². The second-order valence-electron chi connectivity index (χ2n) is 6.76. The van der Waals surface area contributed by atoms with Crippen LogP contribution in [0.4, 0.5) is 4.39 Å². The summed E-state index contributed by atoms with van der Waals surface area (Å²) in [6.45, 7) is 3.73. The van der Waals surface area contributed by atoms with E-state index >= 15 is 0 Å². The van der Waals surface area contributed by atoms with E-state index in [0.29, 0.717) is 21.3 Å². The molecule has 0 radical (unpaired) electrons. The lowest BCUT2D eigenvalue weighted by Crippen LogP contribution is -2.25. The number of carbonyl (C=O) groups is 1. The van der Waals surface area contributed by atoms with Crippen molar-refractivity contribution in [3.63, 3.8) is 0 Å². The molecule has 0 amide bonds. The van der Waals surface area contributed by atoms with E-state index in [0.717, 1.165) is 16.7 Å². The van der Waals surface area contributed by atoms with Crippen LogP contribution < -0.4 is 5.56 Å². The van der Waals surface area contributed by atoms with E-state index in [1.54, 1.807) is 12.1 Å². The molecule has 28 heavy (non-hydrogen) atoms. The summed E-state index contributed by atoms with van der Waals surface area (Å²) in [5.74, 6) is -0.471. The number of aryl methyl sites for hydroxylation is 2. The van der Waals surface area contributed by atoms with Crippen molar-refractivity contribution in [2.24, 2.45) is 0 Å². The number of benzene rings is 2. The van der Waals surface area contributed by atoms with Crippen molar-refractivity contribution in [2.75, 3.05) is 0 Å². The van der Waals surface area contributed by atoms with E-state index in [-0.39, 0.29) is 23.7 Å². The molecule has 4 nitrogen and oxygen atoms in total. The summed E-state index contributed by atoms with van der Waals surface area (Å²) in [7, 11) is 0. The van der Waals surface area contributed by atoms with Gasteiger partial charge < -0.3 is 0 Å². The minimum absolute atomic E-state index is 0.0786. The van der Waals surface area contributed by atoms with Crippen LogP contribution in [0.25, 0.3) is 21.3 Å². The predicted octanol–water partition coefficient (Wildman–Crippen LogP) is 4.76. The molecular weight excluding hydrogens is 375 g/mol. The Labute approximate surface area is 164 Å². The van der Waals surface area contributed by atoms with E-state index in [1.165, 1.54) is 34.4 Å². The zero-order valence-corrected chi connectivity index (χ0v) is 16.2. The fraction of sp³-hybridized carbons (Fsp3) is 0.136. The summed E-state index contributed by atoms with van der Waals surface area (Å²) in [4.78, 5) is 30.8. The molecule has 0 N–H and O–H groups in total. The van der Waals surface area contributed by atoms with Crippen molar-refractivity contribution in [2.45, 2.75) is 20.4 Å². The van der Waals surface area contributed by atoms with E-state index in [1.807, 2.05) is 37.4 Å². The summed E-state index contributed by atoms with van der Waals surface area (Å²) < 4.78 is 14.6. The number of rotatable bonds is 4. The van der Waals surface area contributed by atoms with Crippen molar-refractivity contribution in [1.29, 1.82) is 0 Å². The minimum atomic E-state index is -0.335. The summed E-state index contributed by atoms with van der Waals surface area (Å²) in [5, 5.41) is 2.29. The van der Waals surface area contributed by atoms with Gasteiger partial charge in [-0.15, -0.1) is 11.3 Å². The molecule has 4 rings (SSSR count). The van der Waals surface area contributed by atoms with Gasteiger partial charge in [0.2, 0.25) is 0 Å². The molecule has 2 aromatic heterocycles. The van der Waals surface area contributed by atoms with E-state index in [9.17, 15) is 14.0 Å². The number of ketones is 1. The molecule has 0 unspecified atom stereocenters.